The first kappa shape index (κ1) is 14.3. The molecule has 1 aliphatic rings. The van der Waals surface area contributed by atoms with Gasteiger partial charge in [-0.2, -0.15) is 0 Å². The van der Waals surface area contributed by atoms with E-state index in [1.54, 1.807) is 11.6 Å². The highest BCUT2D eigenvalue weighted by Gasteiger charge is 2.41. The van der Waals surface area contributed by atoms with Crippen molar-refractivity contribution in [3.8, 4) is 0 Å². The van der Waals surface area contributed by atoms with E-state index in [2.05, 4.69) is 4.98 Å². The maximum atomic E-state index is 11.4. The van der Waals surface area contributed by atoms with Crippen LogP contribution in [0.15, 0.2) is 6.33 Å². The van der Waals surface area contributed by atoms with Gasteiger partial charge in [-0.3, -0.25) is 9.36 Å². The zero-order chi connectivity index (χ0) is 14.9. The monoisotopic (exact) mass is 282 g/mol. The summed E-state index contributed by atoms with van der Waals surface area (Å²) in [5, 5.41) is 20.3. The summed E-state index contributed by atoms with van der Waals surface area (Å²) >= 11 is 0. The Morgan fingerprint density at radius 1 is 1.55 bits per heavy atom. The van der Waals surface area contributed by atoms with Crippen LogP contribution in [0.2, 0.25) is 0 Å². The molecule has 1 aromatic rings. The highest BCUT2D eigenvalue weighted by Crippen LogP contribution is 2.38. The molecule has 1 N–H and O–H groups in total. The standard InChI is InChI=1S/C12H18N4O4/c1-3-12(11(17)18)4-6-15(7-5-12)10-9(16(19)20)13-8-14(10)2/h8H,3-7H2,1-2H3,(H,17,18). The molecule has 0 spiro atoms. The molecular formula is C12H18N4O4. The van der Waals surface area contributed by atoms with E-state index in [1.165, 1.54) is 6.33 Å². The van der Waals surface area contributed by atoms with Crippen LogP contribution in [0.25, 0.3) is 0 Å². The van der Waals surface area contributed by atoms with Gasteiger partial charge in [0.2, 0.25) is 12.1 Å². The van der Waals surface area contributed by atoms with Gasteiger partial charge >= 0.3 is 11.8 Å². The molecule has 1 fully saturated rings. The Hall–Kier alpha value is -2.12. The molecular weight excluding hydrogens is 264 g/mol. The summed E-state index contributed by atoms with van der Waals surface area (Å²) in [7, 11) is 1.70. The average Bonchev–Trinajstić information content (AvgIpc) is 2.80. The molecule has 110 valence electrons. The SMILES string of the molecule is CCC1(C(=O)O)CCN(c2c([N+](=O)[O-])ncn2C)CC1. The number of carbonyl (C=O) groups is 1. The lowest BCUT2D eigenvalue weighted by Crippen LogP contribution is -2.44. The number of piperidine rings is 1. The van der Waals surface area contributed by atoms with E-state index in [9.17, 15) is 20.0 Å². The number of rotatable bonds is 4. The number of imidazole rings is 1. The van der Waals surface area contributed by atoms with Crippen LogP contribution in [0, 0.1) is 15.5 Å². The van der Waals surface area contributed by atoms with Crippen molar-refractivity contribution in [2.75, 3.05) is 18.0 Å². The number of aromatic nitrogens is 2. The lowest BCUT2D eigenvalue weighted by molar-refractivity contribution is -0.388. The number of anilines is 1. The van der Waals surface area contributed by atoms with E-state index < -0.39 is 16.3 Å². The maximum absolute atomic E-state index is 11.4. The van der Waals surface area contributed by atoms with Crippen LogP contribution in [0.4, 0.5) is 11.6 Å². The first-order valence-electron chi connectivity index (χ1n) is 6.55. The fraction of sp³-hybridized carbons (Fsp3) is 0.667. The van der Waals surface area contributed by atoms with E-state index >= 15 is 0 Å². The number of aryl methyl sites for hydroxylation is 1. The summed E-state index contributed by atoms with van der Waals surface area (Å²) in [6, 6.07) is 0. The van der Waals surface area contributed by atoms with Crippen molar-refractivity contribution in [2.24, 2.45) is 12.5 Å². The molecule has 0 aliphatic carbocycles. The first-order valence-corrected chi connectivity index (χ1v) is 6.55. The molecule has 0 bridgehead atoms. The molecule has 20 heavy (non-hydrogen) atoms. The Morgan fingerprint density at radius 2 is 2.15 bits per heavy atom. The zero-order valence-electron chi connectivity index (χ0n) is 11.6. The van der Waals surface area contributed by atoms with Crippen LogP contribution < -0.4 is 4.90 Å². The molecule has 0 amide bonds. The van der Waals surface area contributed by atoms with Gasteiger partial charge in [0.1, 0.15) is 0 Å². The van der Waals surface area contributed by atoms with Gasteiger partial charge in [-0.05, 0) is 29.2 Å². The molecule has 1 aliphatic heterocycles. The summed E-state index contributed by atoms with van der Waals surface area (Å²) in [6.07, 6.45) is 2.96. The maximum Gasteiger partial charge on any atom is 0.406 e. The Bertz CT molecular complexity index is 532. The number of hydrogen-bond donors (Lipinski definition) is 1. The van der Waals surface area contributed by atoms with Crippen LogP contribution in [0.3, 0.4) is 0 Å². The molecule has 8 heteroatoms. The van der Waals surface area contributed by atoms with Crippen LogP contribution in [0.1, 0.15) is 26.2 Å². The van der Waals surface area contributed by atoms with Gasteiger partial charge in [-0.25, -0.2) is 0 Å². The van der Waals surface area contributed by atoms with Crippen molar-refractivity contribution in [2.45, 2.75) is 26.2 Å². The predicted molar refractivity (Wildman–Crippen MR) is 71.7 cm³/mol. The molecule has 0 unspecified atom stereocenters. The largest absolute Gasteiger partial charge is 0.481 e. The molecule has 2 rings (SSSR count). The quantitative estimate of drug-likeness (QED) is 0.661. The number of aliphatic carboxylic acids is 1. The van der Waals surface area contributed by atoms with E-state index in [4.69, 9.17) is 0 Å². The number of carboxylic acid groups (broad SMARTS) is 1. The van der Waals surface area contributed by atoms with Crippen molar-refractivity contribution >= 4 is 17.6 Å². The zero-order valence-corrected chi connectivity index (χ0v) is 11.6. The third-order valence-electron chi connectivity index (χ3n) is 4.21. The molecule has 0 aromatic carbocycles. The van der Waals surface area contributed by atoms with Gasteiger partial charge in [-0.15, -0.1) is 0 Å². The topological polar surface area (TPSA) is 102 Å². The minimum absolute atomic E-state index is 0.174. The van der Waals surface area contributed by atoms with Crippen molar-refractivity contribution in [3.63, 3.8) is 0 Å². The molecule has 1 aromatic heterocycles. The smallest absolute Gasteiger partial charge is 0.406 e. The van der Waals surface area contributed by atoms with Gasteiger partial charge in [0, 0.05) is 20.1 Å². The van der Waals surface area contributed by atoms with E-state index in [1.807, 2.05) is 11.8 Å². The van der Waals surface area contributed by atoms with Crippen molar-refractivity contribution in [3.05, 3.63) is 16.4 Å². The minimum Gasteiger partial charge on any atom is -0.481 e. The second-order valence-electron chi connectivity index (χ2n) is 5.19. The number of carboxylic acids is 1. The summed E-state index contributed by atoms with van der Waals surface area (Å²) in [5.74, 6) is -0.504. The van der Waals surface area contributed by atoms with Gasteiger partial charge in [0.05, 0.1) is 5.41 Å². The van der Waals surface area contributed by atoms with Gasteiger partial charge < -0.3 is 20.1 Å². The lowest BCUT2D eigenvalue weighted by Gasteiger charge is -2.38. The van der Waals surface area contributed by atoms with E-state index in [0.29, 0.717) is 38.2 Å². The summed E-state index contributed by atoms with van der Waals surface area (Å²) < 4.78 is 1.61. The van der Waals surface area contributed by atoms with Crippen molar-refractivity contribution < 1.29 is 14.8 Å². The second-order valence-corrected chi connectivity index (χ2v) is 5.19. The number of nitrogens with zero attached hydrogens (tertiary/aromatic N) is 4. The normalized spacial score (nSPS) is 18.0. The average molecular weight is 282 g/mol. The lowest BCUT2D eigenvalue weighted by atomic mass is 9.76. The highest BCUT2D eigenvalue weighted by molar-refractivity contribution is 5.75. The molecule has 0 atom stereocenters. The number of hydrogen-bond acceptors (Lipinski definition) is 5. The van der Waals surface area contributed by atoms with Crippen LogP contribution >= 0.6 is 0 Å². The van der Waals surface area contributed by atoms with Gasteiger partial charge in [-0.1, -0.05) is 6.92 Å². The van der Waals surface area contributed by atoms with E-state index in [-0.39, 0.29) is 5.82 Å². The van der Waals surface area contributed by atoms with Gasteiger partial charge in [0.25, 0.3) is 0 Å². The Kier molecular flexibility index (Phi) is 3.65. The molecule has 1 saturated heterocycles. The van der Waals surface area contributed by atoms with Crippen molar-refractivity contribution in [1.82, 2.24) is 9.55 Å². The van der Waals surface area contributed by atoms with Crippen LogP contribution in [-0.4, -0.2) is 38.6 Å². The van der Waals surface area contributed by atoms with Crippen LogP contribution in [-0.2, 0) is 11.8 Å². The molecule has 0 radical (unpaired) electrons. The third-order valence-corrected chi connectivity index (χ3v) is 4.21. The summed E-state index contributed by atoms with van der Waals surface area (Å²) in [6.45, 7) is 2.84. The number of nitro groups is 1. The molecule has 0 saturated carbocycles. The van der Waals surface area contributed by atoms with Gasteiger partial charge in [0.15, 0.2) is 0 Å². The summed E-state index contributed by atoms with van der Waals surface area (Å²) in [5.41, 5.74) is -0.704. The summed E-state index contributed by atoms with van der Waals surface area (Å²) in [4.78, 5) is 27.5. The second kappa shape index (κ2) is 5.10. The van der Waals surface area contributed by atoms with Crippen LogP contribution in [0.5, 0.6) is 0 Å². The first-order chi connectivity index (χ1) is 9.41. The van der Waals surface area contributed by atoms with Crippen molar-refractivity contribution in [1.29, 1.82) is 0 Å². The molecule has 2 heterocycles. The van der Waals surface area contributed by atoms with E-state index in [0.717, 1.165) is 0 Å². The molecule has 8 nitrogen and oxygen atoms in total. The fourth-order valence-electron chi connectivity index (χ4n) is 2.77. The third kappa shape index (κ3) is 2.21. The Labute approximate surface area is 116 Å². The fourth-order valence-corrected chi connectivity index (χ4v) is 2.77. The predicted octanol–water partition coefficient (Wildman–Crippen LogP) is 1.41. The highest BCUT2D eigenvalue weighted by atomic mass is 16.6. The Balaban J connectivity index is 2.21. The Morgan fingerprint density at radius 3 is 2.60 bits per heavy atom. The minimum atomic E-state index is -0.779.